The smallest absolute Gasteiger partial charge is 0.182 e. The van der Waals surface area contributed by atoms with E-state index in [-0.39, 0.29) is 11.7 Å². The highest BCUT2D eigenvalue weighted by Gasteiger charge is 2.16. The molecule has 1 atom stereocenters. The van der Waals surface area contributed by atoms with Crippen LogP contribution in [-0.2, 0) is 0 Å². The molecule has 2 rings (SSSR count). The van der Waals surface area contributed by atoms with Gasteiger partial charge in [-0.2, -0.15) is 0 Å². The largest absolute Gasteiger partial charge is 0.376 e. The van der Waals surface area contributed by atoms with Crippen LogP contribution < -0.4 is 5.32 Å². The maximum absolute atomic E-state index is 13.7. The average molecular weight is 279 g/mol. The van der Waals surface area contributed by atoms with Gasteiger partial charge in [0.25, 0.3) is 0 Å². The van der Waals surface area contributed by atoms with E-state index in [4.69, 9.17) is 0 Å². The highest BCUT2D eigenvalue weighted by atomic mass is 19.2. The molecule has 106 valence electrons. The number of hydrogen-bond donors (Lipinski definition) is 1. The molecule has 0 heterocycles. The summed E-state index contributed by atoms with van der Waals surface area (Å²) in [6.07, 6.45) is 1.60. The second-order valence-electron chi connectivity index (χ2n) is 4.65. The van der Waals surface area contributed by atoms with Gasteiger partial charge in [0.15, 0.2) is 11.6 Å². The van der Waals surface area contributed by atoms with Crippen molar-refractivity contribution >= 4 is 5.69 Å². The Kier molecular flexibility index (Phi) is 4.66. The van der Waals surface area contributed by atoms with Gasteiger partial charge in [-0.05, 0) is 12.0 Å². The second-order valence-corrected chi connectivity index (χ2v) is 4.65. The third-order valence-corrected chi connectivity index (χ3v) is 3.10. The van der Waals surface area contributed by atoms with E-state index < -0.39 is 17.5 Å². The Morgan fingerprint density at radius 3 is 2.40 bits per heavy atom. The lowest BCUT2D eigenvalue weighted by molar-refractivity contribution is 0.495. The van der Waals surface area contributed by atoms with Crippen LogP contribution in [0, 0.1) is 17.5 Å². The van der Waals surface area contributed by atoms with Crippen LogP contribution in [0.25, 0.3) is 0 Å². The predicted octanol–water partition coefficient (Wildman–Crippen LogP) is 5.06. The first-order valence-corrected chi connectivity index (χ1v) is 6.58. The topological polar surface area (TPSA) is 12.0 Å². The third-order valence-electron chi connectivity index (χ3n) is 3.10. The van der Waals surface area contributed by atoms with Gasteiger partial charge in [-0.25, -0.2) is 13.2 Å². The van der Waals surface area contributed by atoms with Crippen molar-refractivity contribution in [1.82, 2.24) is 0 Å². The van der Waals surface area contributed by atoms with E-state index in [1.807, 2.05) is 37.3 Å². The van der Waals surface area contributed by atoms with Gasteiger partial charge in [-0.15, -0.1) is 0 Å². The Balaban J connectivity index is 2.29. The van der Waals surface area contributed by atoms with Crippen molar-refractivity contribution in [3.8, 4) is 0 Å². The van der Waals surface area contributed by atoms with Gasteiger partial charge >= 0.3 is 0 Å². The molecule has 1 N–H and O–H groups in total. The summed E-state index contributed by atoms with van der Waals surface area (Å²) in [5, 5.41) is 2.89. The van der Waals surface area contributed by atoms with Crippen LogP contribution in [-0.4, -0.2) is 0 Å². The zero-order valence-electron chi connectivity index (χ0n) is 11.2. The monoisotopic (exact) mass is 279 g/mol. The van der Waals surface area contributed by atoms with Gasteiger partial charge < -0.3 is 5.32 Å². The number of anilines is 1. The molecule has 0 saturated heterocycles. The maximum atomic E-state index is 13.7. The molecule has 0 spiro atoms. The van der Waals surface area contributed by atoms with Crippen molar-refractivity contribution in [2.45, 2.75) is 25.8 Å². The van der Waals surface area contributed by atoms with Crippen molar-refractivity contribution in [1.29, 1.82) is 0 Å². The van der Waals surface area contributed by atoms with E-state index in [0.717, 1.165) is 24.5 Å². The minimum absolute atomic E-state index is 0.148. The quantitative estimate of drug-likeness (QED) is 0.754. The highest BCUT2D eigenvalue weighted by molar-refractivity contribution is 5.47. The summed E-state index contributed by atoms with van der Waals surface area (Å²) in [4.78, 5) is 0. The van der Waals surface area contributed by atoms with Crippen LogP contribution in [0.3, 0.4) is 0 Å². The van der Waals surface area contributed by atoms with Crippen molar-refractivity contribution in [2.24, 2.45) is 0 Å². The maximum Gasteiger partial charge on any atom is 0.182 e. The number of nitrogens with one attached hydrogen (secondary N) is 1. The minimum Gasteiger partial charge on any atom is -0.376 e. The molecule has 1 nitrogen and oxygen atoms in total. The van der Waals surface area contributed by atoms with E-state index in [1.54, 1.807) is 0 Å². The zero-order chi connectivity index (χ0) is 14.5. The molecule has 0 fully saturated rings. The van der Waals surface area contributed by atoms with Gasteiger partial charge in [0.05, 0.1) is 11.7 Å². The zero-order valence-corrected chi connectivity index (χ0v) is 11.2. The Morgan fingerprint density at radius 1 is 1.05 bits per heavy atom. The fraction of sp³-hybridized carbons (Fsp3) is 0.250. The van der Waals surface area contributed by atoms with Crippen molar-refractivity contribution < 1.29 is 13.2 Å². The van der Waals surface area contributed by atoms with E-state index in [0.29, 0.717) is 6.07 Å². The van der Waals surface area contributed by atoms with Crippen LogP contribution >= 0.6 is 0 Å². The van der Waals surface area contributed by atoms with E-state index >= 15 is 0 Å². The summed E-state index contributed by atoms with van der Waals surface area (Å²) in [7, 11) is 0. The number of hydrogen-bond acceptors (Lipinski definition) is 1. The molecule has 4 heteroatoms. The first-order chi connectivity index (χ1) is 9.61. The first-order valence-electron chi connectivity index (χ1n) is 6.58. The molecule has 20 heavy (non-hydrogen) atoms. The molecule has 0 aromatic heterocycles. The van der Waals surface area contributed by atoms with Crippen LogP contribution in [0.15, 0.2) is 42.5 Å². The normalized spacial score (nSPS) is 12.2. The van der Waals surface area contributed by atoms with Crippen LogP contribution in [0.4, 0.5) is 18.9 Å². The molecule has 0 bridgehead atoms. The Labute approximate surface area is 116 Å². The van der Waals surface area contributed by atoms with Gasteiger partial charge in [0, 0.05) is 12.1 Å². The Hall–Kier alpha value is -1.97. The molecule has 2 aromatic rings. The summed E-state index contributed by atoms with van der Waals surface area (Å²) in [5.41, 5.74) is 0.809. The van der Waals surface area contributed by atoms with Crippen LogP contribution in [0.1, 0.15) is 31.4 Å². The SMILES string of the molecule is CCCC(Nc1cc(F)cc(F)c1F)c1ccccc1. The highest BCUT2D eigenvalue weighted by Crippen LogP contribution is 2.27. The summed E-state index contributed by atoms with van der Waals surface area (Å²) < 4.78 is 40.1. The fourth-order valence-corrected chi connectivity index (χ4v) is 2.14. The molecule has 0 radical (unpaired) electrons. The van der Waals surface area contributed by atoms with Crippen molar-refractivity contribution in [3.63, 3.8) is 0 Å². The molecule has 0 aliphatic heterocycles. The van der Waals surface area contributed by atoms with Crippen molar-refractivity contribution in [3.05, 3.63) is 65.5 Å². The summed E-state index contributed by atoms with van der Waals surface area (Å²) in [6, 6.07) is 10.8. The molecule has 1 unspecified atom stereocenters. The Morgan fingerprint density at radius 2 is 1.75 bits per heavy atom. The number of rotatable bonds is 5. The minimum atomic E-state index is -1.18. The summed E-state index contributed by atoms with van der Waals surface area (Å²) in [5.74, 6) is -3.03. The molecule has 0 amide bonds. The van der Waals surface area contributed by atoms with Crippen LogP contribution in [0.5, 0.6) is 0 Å². The summed E-state index contributed by atoms with van der Waals surface area (Å²) in [6.45, 7) is 2.00. The van der Waals surface area contributed by atoms with Gasteiger partial charge in [-0.3, -0.25) is 0 Å². The molecule has 2 aromatic carbocycles. The molecular formula is C16H16F3N. The fourth-order valence-electron chi connectivity index (χ4n) is 2.14. The van der Waals surface area contributed by atoms with Gasteiger partial charge in [-0.1, -0.05) is 43.7 Å². The predicted molar refractivity (Wildman–Crippen MR) is 74.0 cm³/mol. The second kappa shape index (κ2) is 6.46. The van der Waals surface area contributed by atoms with Crippen molar-refractivity contribution in [2.75, 3.05) is 5.32 Å². The van der Waals surface area contributed by atoms with Crippen LogP contribution in [0.2, 0.25) is 0 Å². The van der Waals surface area contributed by atoms with E-state index in [9.17, 15) is 13.2 Å². The average Bonchev–Trinajstić information content (AvgIpc) is 2.44. The number of halogens is 3. The number of benzene rings is 2. The van der Waals surface area contributed by atoms with Gasteiger partial charge in [0.1, 0.15) is 5.82 Å². The Bertz CT molecular complexity index is 569. The summed E-state index contributed by atoms with van der Waals surface area (Å²) >= 11 is 0. The lowest BCUT2D eigenvalue weighted by Gasteiger charge is -2.20. The van der Waals surface area contributed by atoms with Gasteiger partial charge in [0.2, 0.25) is 0 Å². The lowest BCUT2D eigenvalue weighted by atomic mass is 10.0. The molecular weight excluding hydrogens is 263 g/mol. The third kappa shape index (κ3) is 3.32. The molecule has 0 saturated carbocycles. The molecule has 0 aliphatic carbocycles. The molecule has 0 aliphatic rings. The first kappa shape index (κ1) is 14.4. The van der Waals surface area contributed by atoms with E-state index in [2.05, 4.69) is 5.32 Å². The standard InChI is InChI=1S/C16H16F3N/c1-2-6-14(11-7-4-3-5-8-11)20-15-10-12(17)9-13(18)16(15)19/h3-5,7-10,14,20H,2,6H2,1H3. The van der Waals surface area contributed by atoms with E-state index in [1.165, 1.54) is 0 Å². The lowest BCUT2D eigenvalue weighted by Crippen LogP contribution is -2.12.